The van der Waals surface area contributed by atoms with Gasteiger partial charge >= 0.3 is 0 Å². The molecule has 0 heterocycles. The Morgan fingerprint density at radius 1 is 0.583 bits per heavy atom. The number of carbonyl (C=O) groups is 2. The Bertz CT molecular complexity index is 850. The van der Waals surface area contributed by atoms with Gasteiger partial charge in [-0.2, -0.15) is 0 Å². The lowest BCUT2D eigenvalue weighted by atomic mass is 10.00. The first-order valence-electron chi connectivity index (χ1n) is 8.26. The van der Waals surface area contributed by atoms with Gasteiger partial charge in [0.05, 0.1) is 0 Å². The molecule has 0 atom stereocenters. The number of ketones is 2. The summed E-state index contributed by atoms with van der Waals surface area (Å²) in [7, 11) is 0. The Hall–Kier alpha value is -2.74. The Balaban J connectivity index is 1.52. The van der Waals surface area contributed by atoms with Gasteiger partial charge in [-0.05, 0) is 21.9 Å². The third kappa shape index (κ3) is 4.39. The molecule has 0 amide bonds. The standard InChI is InChI=1S/C22H20O2/c23-21(15-17-6-2-1-3-7-17)12-13-22(24)16-18-10-11-19-8-4-5-9-20(19)14-18/h1-11,14H,12-13,15-16H2. The molecular weight excluding hydrogens is 296 g/mol. The van der Waals surface area contributed by atoms with Crippen LogP contribution in [0, 0.1) is 0 Å². The van der Waals surface area contributed by atoms with Crippen molar-refractivity contribution in [1.82, 2.24) is 0 Å². The maximum absolute atomic E-state index is 12.2. The molecule has 0 saturated heterocycles. The van der Waals surface area contributed by atoms with Gasteiger partial charge in [0.25, 0.3) is 0 Å². The molecule has 2 nitrogen and oxygen atoms in total. The zero-order chi connectivity index (χ0) is 16.8. The van der Waals surface area contributed by atoms with Crippen molar-refractivity contribution in [1.29, 1.82) is 0 Å². The summed E-state index contributed by atoms with van der Waals surface area (Å²) < 4.78 is 0. The van der Waals surface area contributed by atoms with Gasteiger partial charge in [0.1, 0.15) is 11.6 Å². The van der Waals surface area contributed by atoms with Gasteiger partial charge in [-0.3, -0.25) is 9.59 Å². The van der Waals surface area contributed by atoms with Gasteiger partial charge < -0.3 is 0 Å². The van der Waals surface area contributed by atoms with Gasteiger partial charge in [0.15, 0.2) is 0 Å². The number of fused-ring (bicyclic) bond motifs is 1. The van der Waals surface area contributed by atoms with Crippen molar-refractivity contribution in [3.63, 3.8) is 0 Å². The molecule has 0 aromatic heterocycles. The maximum Gasteiger partial charge on any atom is 0.137 e. The molecular formula is C22H20O2. The maximum atomic E-state index is 12.2. The SMILES string of the molecule is O=C(CCC(=O)Cc1ccc2ccccc2c1)Cc1ccccc1. The highest BCUT2D eigenvalue weighted by Gasteiger charge is 2.09. The molecule has 0 saturated carbocycles. The highest BCUT2D eigenvalue weighted by Crippen LogP contribution is 2.16. The van der Waals surface area contributed by atoms with E-state index in [0.29, 0.717) is 25.7 Å². The van der Waals surface area contributed by atoms with Crippen LogP contribution in [0.2, 0.25) is 0 Å². The molecule has 0 unspecified atom stereocenters. The Labute approximate surface area is 142 Å². The summed E-state index contributed by atoms with van der Waals surface area (Å²) in [5.41, 5.74) is 2.01. The Morgan fingerprint density at radius 2 is 1.17 bits per heavy atom. The van der Waals surface area contributed by atoms with Gasteiger partial charge in [0.2, 0.25) is 0 Å². The molecule has 0 aliphatic rings. The largest absolute Gasteiger partial charge is 0.299 e. The fourth-order valence-electron chi connectivity index (χ4n) is 2.86. The van der Waals surface area contributed by atoms with E-state index in [-0.39, 0.29) is 11.6 Å². The second kappa shape index (κ2) is 7.69. The summed E-state index contributed by atoms with van der Waals surface area (Å²) in [6.07, 6.45) is 1.44. The first-order valence-corrected chi connectivity index (χ1v) is 8.26. The van der Waals surface area contributed by atoms with E-state index in [9.17, 15) is 9.59 Å². The summed E-state index contributed by atoms with van der Waals surface area (Å²) in [5.74, 6) is 0.236. The van der Waals surface area contributed by atoms with Crippen LogP contribution in [0.3, 0.4) is 0 Å². The summed E-state index contributed by atoms with van der Waals surface area (Å²) in [6, 6.07) is 23.9. The van der Waals surface area contributed by atoms with Crippen molar-refractivity contribution in [2.45, 2.75) is 25.7 Å². The molecule has 0 aliphatic carbocycles. The van der Waals surface area contributed by atoms with E-state index in [2.05, 4.69) is 12.1 Å². The first-order chi connectivity index (χ1) is 11.7. The predicted molar refractivity (Wildman–Crippen MR) is 97.0 cm³/mol. The summed E-state index contributed by atoms with van der Waals surface area (Å²) in [4.78, 5) is 24.1. The molecule has 0 radical (unpaired) electrons. The minimum absolute atomic E-state index is 0.117. The van der Waals surface area contributed by atoms with E-state index in [4.69, 9.17) is 0 Å². The van der Waals surface area contributed by atoms with Crippen molar-refractivity contribution in [2.75, 3.05) is 0 Å². The fourth-order valence-corrected chi connectivity index (χ4v) is 2.86. The molecule has 0 fully saturated rings. The van der Waals surface area contributed by atoms with E-state index in [1.165, 1.54) is 5.39 Å². The Morgan fingerprint density at radius 3 is 1.88 bits per heavy atom. The number of hydrogen-bond acceptors (Lipinski definition) is 2. The molecule has 3 aromatic rings. The molecule has 0 N–H and O–H groups in total. The van der Waals surface area contributed by atoms with Gasteiger partial charge in [-0.25, -0.2) is 0 Å². The summed E-state index contributed by atoms with van der Waals surface area (Å²) in [5, 5.41) is 2.31. The second-order valence-electron chi connectivity index (χ2n) is 6.10. The number of hydrogen-bond donors (Lipinski definition) is 0. The van der Waals surface area contributed by atoms with E-state index in [1.54, 1.807) is 0 Å². The summed E-state index contributed by atoms with van der Waals surface area (Å²) in [6.45, 7) is 0. The van der Waals surface area contributed by atoms with Crippen LogP contribution in [0.15, 0.2) is 72.8 Å². The third-order valence-electron chi connectivity index (χ3n) is 4.14. The van der Waals surface area contributed by atoms with Crippen LogP contribution in [0.4, 0.5) is 0 Å². The highest BCUT2D eigenvalue weighted by atomic mass is 16.1. The number of carbonyl (C=O) groups excluding carboxylic acids is 2. The van der Waals surface area contributed by atoms with Crippen molar-refractivity contribution in [3.05, 3.63) is 83.9 Å². The molecule has 3 rings (SSSR count). The molecule has 0 aliphatic heterocycles. The number of Topliss-reactive ketones (excluding diaryl/α,β-unsaturated/α-hetero) is 2. The monoisotopic (exact) mass is 316 g/mol. The summed E-state index contributed by atoms with van der Waals surface area (Å²) >= 11 is 0. The van der Waals surface area contributed by atoms with Gasteiger partial charge in [-0.1, -0.05) is 72.8 Å². The third-order valence-corrected chi connectivity index (χ3v) is 4.14. The quantitative estimate of drug-likeness (QED) is 0.641. The minimum atomic E-state index is 0.117. The van der Waals surface area contributed by atoms with Crippen LogP contribution in [0.25, 0.3) is 10.8 Å². The lowest BCUT2D eigenvalue weighted by Crippen LogP contribution is -2.08. The van der Waals surface area contributed by atoms with E-state index in [0.717, 1.165) is 16.5 Å². The smallest absolute Gasteiger partial charge is 0.137 e. The van der Waals surface area contributed by atoms with Crippen LogP contribution in [0.5, 0.6) is 0 Å². The zero-order valence-corrected chi connectivity index (χ0v) is 13.6. The fraction of sp³-hybridized carbons (Fsp3) is 0.182. The molecule has 0 spiro atoms. The van der Waals surface area contributed by atoms with Gasteiger partial charge in [0, 0.05) is 25.7 Å². The average molecular weight is 316 g/mol. The van der Waals surface area contributed by atoms with Gasteiger partial charge in [-0.15, -0.1) is 0 Å². The predicted octanol–water partition coefficient (Wildman–Crippen LogP) is 4.54. The highest BCUT2D eigenvalue weighted by molar-refractivity contribution is 5.89. The van der Waals surface area contributed by atoms with Crippen molar-refractivity contribution in [2.24, 2.45) is 0 Å². The lowest BCUT2D eigenvalue weighted by Gasteiger charge is -2.04. The van der Waals surface area contributed by atoms with Crippen LogP contribution in [-0.2, 0) is 22.4 Å². The number of rotatable bonds is 7. The second-order valence-corrected chi connectivity index (χ2v) is 6.10. The molecule has 120 valence electrons. The van der Waals surface area contributed by atoms with E-state index in [1.807, 2.05) is 60.7 Å². The molecule has 3 aromatic carbocycles. The van der Waals surface area contributed by atoms with E-state index >= 15 is 0 Å². The normalized spacial score (nSPS) is 10.7. The van der Waals surface area contributed by atoms with Crippen LogP contribution < -0.4 is 0 Å². The van der Waals surface area contributed by atoms with Crippen LogP contribution >= 0.6 is 0 Å². The first kappa shape index (κ1) is 16.1. The molecule has 24 heavy (non-hydrogen) atoms. The van der Waals surface area contributed by atoms with Crippen LogP contribution in [-0.4, -0.2) is 11.6 Å². The van der Waals surface area contributed by atoms with Crippen molar-refractivity contribution in [3.8, 4) is 0 Å². The average Bonchev–Trinajstić information content (AvgIpc) is 2.61. The molecule has 2 heteroatoms. The van der Waals surface area contributed by atoms with E-state index < -0.39 is 0 Å². The zero-order valence-electron chi connectivity index (χ0n) is 13.6. The van der Waals surface area contributed by atoms with Crippen molar-refractivity contribution >= 4 is 22.3 Å². The van der Waals surface area contributed by atoms with Crippen LogP contribution in [0.1, 0.15) is 24.0 Å². The lowest BCUT2D eigenvalue weighted by molar-refractivity contribution is -0.123. The number of benzene rings is 3. The van der Waals surface area contributed by atoms with Crippen molar-refractivity contribution < 1.29 is 9.59 Å². The molecule has 0 bridgehead atoms. The minimum Gasteiger partial charge on any atom is -0.299 e. The topological polar surface area (TPSA) is 34.1 Å². The Kier molecular flexibility index (Phi) is 5.17.